The molecule has 2 heterocycles. The summed E-state index contributed by atoms with van der Waals surface area (Å²) in [5.74, 6) is 0.0147. The number of hydrogen-bond donors (Lipinski definition) is 1. The number of carbonyl (C=O) groups is 2. The van der Waals surface area contributed by atoms with Gasteiger partial charge in [0.15, 0.2) is 6.61 Å². The van der Waals surface area contributed by atoms with Gasteiger partial charge in [0, 0.05) is 15.1 Å². The number of ether oxygens (including phenoxy) is 1. The molecule has 122 valence electrons. The summed E-state index contributed by atoms with van der Waals surface area (Å²) >= 11 is 3.21. The summed E-state index contributed by atoms with van der Waals surface area (Å²) in [5, 5.41) is 6.58. The summed E-state index contributed by atoms with van der Waals surface area (Å²) in [6.45, 7) is 2.48. The number of nitrogens with one attached hydrogen (secondary N) is 1. The number of amides is 1. The monoisotopic (exact) mass is 349 g/mol. The van der Waals surface area contributed by atoms with Crippen LogP contribution in [0, 0.1) is 5.92 Å². The third-order valence-electron chi connectivity index (χ3n) is 4.00. The van der Waals surface area contributed by atoms with Crippen molar-refractivity contribution in [2.24, 2.45) is 5.92 Å². The molecule has 0 aromatic carbocycles. The van der Waals surface area contributed by atoms with Gasteiger partial charge in [-0.1, -0.05) is 13.0 Å². The standard InChI is InChI=1S/C17H19NO3S2/c1-11-4-5-13-14(10-23-15(13)7-11)17(20)21-9-16(19)18-8-12-3-2-6-22-12/h2-3,6,10-11H,4-5,7-9H2,1H3,(H,18,19)/t11-/m1/s1. The van der Waals surface area contributed by atoms with Crippen LogP contribution in [-0.4, -0.2) is 18.5 Å². The predicted molar refractivity (Wildman–Crippen MR) is 92.0 cm³/mol. The molecule has 4 nitrogen and oxygen atoms in total. The van der Waals surface area contributed by atoms with E-state index >= 15 is 0 Å². The van der Waals surface area contributed by atoms with Crippen LogP contribution in [0.4, 0.5) is 0 Å². The van der Waals surface area contributed by atoms with Gasteiger partial charge < -0.3 is 10.1 Å². The smallest absolute Gasteiger partial charge is 0.339 e. The zero-order valence-corrected chi connectivity index (χ0v) is 14.6. The third kappa shape index (κ3) is 4.00. The van der Waals surface area contributed by atoms with E-state index in [-0.39, 0.29) is 18.5 Å². The van der Waals surface area contributed by atoms with E-state index in [0.717, 1.165) is 29.7 Å². The highest BCUT2D eigenvalue weighted by molar-refractivity contribution is 7.10. The van der Waals surface area contributed by atoms with Crippen LogP contribution < -0.4 is 5.32 Å². The molecular formula is C17H19NO3S2. The first-order valence-electron chi connectivity index (χ1n) is 7.69. The van der Waals surface area contributed by atoms with Crippen molar-refractivity contribution in [2.75, 3.05) is 6.61 Å². The Morgan fingerprint density at radius 3 is 3.04 bits per heavy atom. The molecule has 0 unspecified atom stereocenters. The van der Waals surface area contributed by atoms with Gasteiger partial charge in [-0.15, -0.1) is 22.7 Å². The van der Waals surface area contributed by atoms with Gasteiger partial charge >= 0.3 is 5.97 Å². The summed E-state index contributed by atoms with van der Waals surface area (Å²) in [6, 6.07) is 3.89. The number of hydrogen-bond acceptors (Lipinski definition) is 5. The van der Waals surface area contributed by atoms with Crippen LogP contribution in [0.1, 0.15) is 39.0 Å². The first kappa shape index (κ1) is 16.2. The van der Waals surface area contributed by atoms with Crippen molar-refractivity contribution in [2.45, 2.75) is 32.7 Å². The number of esters is 1. The van der Waals surface area contributed by atoms with Crippen molar-refractivity contribution in [3.05, 3.63) is 43.8 Å². The number of rotatable bonds is 5. The van der Waals surface area contributed by atoms with Crippen LogP contribution in [0.5, 0.6) is 0 Å². The first-order chi connectivity index (χ1) is 11.1. The van der Waals surface area contributed by atoms with Crippen LogP contribution in [0.25, 0.3) is 0 Å². The van der Waals surface area contributed by atoms with Gasteiger partial charge in [0.2, 0.25) is 0 Å². The zero-order chi connectivity index (χ0) is 16.2. The normalized spacial score (nSPS) is 16.7. The lowest BCUT2D eigenvalue weighted by Gasteiger charge is -2.18. The van der Waals surface area contributed by atoms with Gasteiger partial charge in [0.25, 0.3) is 5.91 Å². The quantitative estimate of drug-likeness (QED) is 0.842. The Morgan fingerprint density at radius 1 is 1.39 bits per heavy atom. The minimum atomic E-state index is -0.386. The lowest BCUT2D eigenvalue weighted by Crippen LogP contribution is -2.28. The van der Waals surface area contributed by atoms with E-state index in [9.17, 15) is 9.59 Å². The van der Waals surface area contributed by atoms with Crippen LogP contribution in [-0.2, 0) is 28.9 Å². The number of thiophene rings is 2. The van der Waals surface area contributed by atoms with Gasteiger partial charge in [0.1, 0.15) is 0 Å². The van der Waals surface area contributed by atoms with E-state index in [1.54, 1.807) is 22.7 Å². The Labute approximate surface area is 143 Å². The average molecular weight is 349 g/mol. The molecule has 0 fully saturated rings. The Morgan fingerprint density at radius 2 is 2.26 bits per heavy atom. The van der Waals surface area contributed by atoms with Gasteiger partial charge in [0.05, 0.1) is 12.1 Å². The molecule has 0 radical (unpaired) electrons. The molecule has 1 atom stereocenters. The largest absolute Gasteiger partial charge is 0.452 e. The zero-order valence-electron chi connectivity index (χ0n) is 13.0. The molecule has 6 heteroatoms. The number of fused-ring (bicyclic) bond motifs is 1. The van der Waals surface area contributed by atoms with E-state index in [0.29, 0.717) is 18.0 Å². The lowest BCUT2D eigenvalue weighted by atomic mass is 9.88. The van der Waals surface area contributed by atoms with Crippen LogP contribution in [0.3, 0.4) is 0 Å². The SMILES string of the molecule is C[C@@H]1CCc2c(C(=O)OCC(=O)NCc3cccs3)csc2C1. The van der Waals surface area contributed by atoms with Crippen LogP contribution >= 0.6 is 22.7 Å². The van der Waals surface area contributed by atoms with Gasteiger partial charge in [-0.05, 0) is 42.2 Å². The Kier molecular flexibility index (Phi) is 5.13. The Bertz CT molecular complexity index is 691. The van der Waals surface area contributed by atoms with E-state index in [1.165, 1.54) is 4.88 Å². The third-order valence-corrected chi connectivity index (χ3v) is 5.92. The fraction of sp³-hybridized carbons (Fsp3) is 0.412. The second-order valence-electron chi connectivity index (χ2n) is 5.83. The average Bonchev–Trinajstić information content (AvgIpc) is 3.19. The van der Waals surface area contributed by atoms with Gasteiger partial charge in [-0.25, -0.2) is 4.79 Å². The molecule has 23 heavy (non-hydrogen) atoms. The predicted octanol–water partition coefficient (Wildman–Crippen LogP) is 3.41. The highest BCUT2D eigenvalue weighted by atomic mass is 32.1. The second-order valence-corrected chi connectivity index (χ2v) is 7.83. The van der Waals surface area contributed by atoms with Crippen molar-refractivity contribution in [3.63, 3.8) is 0 Å². The van der Waals surface area contributed by atoms with E-state index in [4.69, 9.17) is 4.74 Å². The summed E-state index contributed by atoms with van der Waals surface area (Å²) < 4.78 is 5.17. The van der Waals surface area contributed by atoms with E-state index < -0.39 is 0 Å². The molecule has 0 saturated heterocycles. The maximum atomic E-state index is 12.2. The Balaban J connectivity index is 1.50. The molecule has 2 aromatic rings. The fourth-order valence-corrected chi connectivity index (χ4v) is 4.59. The van der Waals surface area contributed by atoms with Crippen LogP contribution in [0.2, 0.25) is 0 Å². The molecule has 1 aliphatic rings. The molecule has 1 N–H and O–H groups in total. The van der Waals surface area contributed by atoms with Crippen LogP contribution in [0.15, 0.2) is 22.9 Å². The summed E-state index contributed by atoms with van der Waals surface area (Å²) in [5.41, 5.74) is 1.76. The van der Waals surface area contributed by atoms with Crippen molar-refractivity contribution in [1.82, 2.24) is 5.32 Å². The van der Waals surface area contributed by atoms with Crippen molar-refractivity contribution >= 4 is 34.6 Å². The van der Waals surface area contributed by atoms with Gasteiger partial charge in [-0.3, -0.25) is 4.79 Å². The molecular weight excluding hydrogens is 330 g/mol. The van der Waals surface area contributed by atoms with Crippen molar-refractivity contribution in [1.29, 1.82) is 0 Å². The lowest BCUT2D eigenvalue weighted by molar-refractivity contribution is -0.124. The molecule has 0 saturated carbocycles. The fourth-order valence-electron chi connectivity index (χ4n) is 2.71. The molecule has 1 aliphatic carbocycles. The first-order valence-corrected chi connectivity index (χ1v) is 9.45. The summed E-state index contributed by atoms with van der Waals surface area (Å²) in [7, 11) is 0. The molecule has 0 aliphatic heterocycles. The topological polar surface area (TPSA) is 55.4 Å². The minimum Gasteiger partial charge on any atom is -0.452 e. The number of carbonyl (C=O) groups excluding carboxylic acids is 2. The van der Waals surface area contributed by atoms with Crippen molar-refractivity contribution < 1.29 is 14.3 Å². The Hall–Kier alpha value is -1.66. The van der Waals surface area contributed by atoms with E-state index in [2.05, 4.69) is 12.2 Å². The van der Waals surface area contributed by atoms with Gasteiger partial charge in [-0.2, -0.15) is 0 Å². The van der Waals surface area contributed by atoms with Crippen molar-refractivity contribution in [3.8, 4) is 0 Å². The maximum absolute atomic E-state index is 12.2. The molecule has 0 spiro atoms. The highest BCUT2D eigenvalue weighted by Gasteiger charge is 2.24. The maximum Gasteiger partial charge on any atom is 0.339 e. The highest BCUT2D eigenvalue weighted by Crippen LogP contribution is 2.33. The molecule has 1 amide bonds. The minimum absolute atomic E-state index is 0.231. The van der Waals surface area contributed by atoms with E-state index in [1.807, 2.05) is 22.9 Å². The molecule has 0 bridgehead atoms. The second kappa shape index (κ2) is 7.27. The molecule has 2 aromatic heterocycles. The summed E-state index contributed by atoms with van der Waals surface area (Å²) in [4.78, 5) is 26.3. The molecule has 3 rings (SSSR count). The summed E-state index contributed by atoms with van der Waals surface area (Å²) in [6.07, 6.45) is 3.06.